The standard InChI is InChI=1S/C7H10F2O2/c8-6-1-4(11)2-7(9)5(6)3-10/h3-7,11H,1-2H2. The fourth-order valence-electron chi connectivity index (χ4n) is 1.33. The first-order valence-corrected chi connectivity index (χ1v) is 3.56. The van der Waals surface area contributed by atoms with Gasteiger partial charge in [0.2, 0.25) is 0 Å². The predicted octanol–water partition coefficient (Wildman–Crippen LogP) is 0.632. The maximum atomic E-state index is 12.7. The minimum atomic E-state index is -1.52. The number of hydrogen-bond donors (Lipinski definition) is 1. The van der Waals surface area contributed by atoms with Gasteiger partial charge in [0, 0.05) is 12.8 Å². The molecule has 2 atom stereocenters. The van der Waals surface area contributed by atoms with Crippen molar-refractivity contribution >= 4 is 6.29 Å². The molecule has 0 aromatic heterocycles. The van der Waals surface area contributed by atoms with Crippen LogP contribution in [0.15, 0.2) is 0 Å². The lowest BCUT2D eigenvalue weighted by Crippen LogP contribution is -2.38. The molecule has 11 heavy (non-hydrogen) atoms. The third-order valence-corrected chi connectivity index (χ3v) is 1.99. The Morgan fingerprint density at radius 2 is 1.73 bits per heavy atom. The number of carbonyl (C=O) groups is 1. The van der Waals surface area contributed by atoms with Crippen LogP contribution < -0.4 is 0 Å². The van der Waals surface area contributed by atoms with Crippen molar-refractivity contribution in [2.75, 3.05) is 0 Å². The number of aliphatic hydroxyl groups excluding tert-OH is 1. The number of rotatable bonds is 1. The van der Waals surface area contributed by atoms with Gasteiger partial charge in [0.1, 0.15) is 18.6 Å². The van der Waals surface area contributed by atoms with Crippen LogP contribution in [0.1, 0.15) is 12.8 Å². The molecule has 0 aromatic carbocycles. The normalized spacial score (nSPS) is 45.4. The van der Waals surface area contributed by atoms with E-state index in [0.717, 1.165) is 0 Å². The van der Waals surface area contributed by atoms with E-state index in [0.29, 0.717) is 6.29 Å². The van der Waals surface area contributed by atoms with E-state index in [1.165, 1.54) is 0 Å². The number of aliphatic hydroxyl groups is 1. The molecule has 0 aliphatic heterocycles. The smallest absolute Gasteiger partial charge is 0.128 e. The fraction of sp³-hybridized carbons (Fsp3) is 0.857. The third-order valence-electron chi connectivity index (χ3n) is 1.99. The summed E-state index contributed by atoms with van der Waals surface area (Å²) < 4.78 is 25.4. The molecule has 0 aromatic rings. The van der Waals surface area contributed by atoms with E-state index < -0.39 is 24.4 Å². The Bertz CT molecular complexity index is 139. The first-order valence-electron chi connectivity index (χ1n) is 3.56. The van der Waals surface area contributed by atoms with Crippen molar-refractivity contribution in [1.29, 1.82) is 0 Å². The summed E-state index contributed by atoms with van der Waals surface area (Å²) in [6, 6.07) is 0. The summed E-state index contributed by atoms with van der Waals surface area (Å²) in [5, 5.41) is 8.87. The summed E-state index contributed by atoms with van der Waals surface area (Å²) in [6.45, 7) is 0. The summed E-state index contributed by atoms with van der Waals surface area (Å²) in [5.41, 5.74) is 0. The van der Waals surface area contributed by atoms with Crippen molar-refractivity contribution in [3.05, 3.63) is 0 Å². The summed E-state index contributed by atoms with van der Waals surface area (Å²) in [5.74, 6) is -1.17. The quantitative estimate of drug-likeness (QED) is 0.577. The number of alkyl halides is 2. The topological polar surface area (TPSA) is 37.3 Å². The average Bonchev–Trinajstić information content (AvgIpc) is 1.85. The zero-order valence-corrected chi connectivity index (χ0v) is 5.91. The molecule has 2 nitrogen and oxygen atoms in total. The van der Waals surface area contributed by atoms with Gasteiger partial charge in [0.15, 0.2) is 0 Å². The van der Waals surface area contributed by atoms with Gasteiger partial charge in [-0.3, -0.25) is 0 Å². The van der Waals surface area contributed by atoms with Crippen LogP contribution in [0.4, 0.5) is 8.78 Å². The van der Waals surface area contributed by atoms with Gasteiger partial charge in [-0.15, -0.1) is 0 Å². The van der Waals surface area contributed by atoms with Crippen LogP contribution in [-0.4, -0.2) is 29.8 Å². The minimum Gasteiger partial charge on any atom is -0.393 e. The molecule has 0 radical (unpaired) electrons. The maximum absolute atomic E-state index is 12.7. The molecule has 1 rings (SSSR count). The Balaban J connectivity index is 2.58. The summed E-state index contributed by atoms with van der Waals surface area (Å²) >= 11 is 0. The number of carbonyl (C=O) groups excluding carboxylic acids is 1. The van der Waals surface area contributed by atoms with E-state index in [9.17, 15) is 13.6 Å². The summed E-state index contributed by atoms with van der Waals surface area (Å²) in [7, 11) is 0. The van der Waals surface area contributed by atoms with Crippen molar-refractivity contribution in [1.82, 2.24) is 0 Å². The van der Waals surface area contributed by atoms with Crippen LogP contribution in [0.5, 0.6) is 0 Å². The van der Waals surface area contributed by atoms with Crippen molar-refractivity contribution < 1.29 is 18.7 Å². The Hall–Kier alpha value is -0.510. The van der Waals surface area contributed by atoms with Crippen LogP contribution in [-0.2, 0) is 4.79 Å². The SMILES string of the molecule is O=CC1C(F)CC(O)CC1F. The molecule has 0 heterocycles. The first-order chi connectivity index (χ1) is 5.15. The van der Waals surface area contributed by atoms with E-state index >= 15 is 0 Å². The number of aldehydes is 1. The molecule has 64 valence electrons. The first kappa shape index (κ1) is 8.59. The van der Waals surface area contributed by atoms with Gasteiger partial charge in [0.05, 0.1) is 12.0 Å². The highest BCUT2D eigenvalue weighted by Gasteiger charge is 2.37. The second kappa shape index (κ2) is 3.26. The Morgan fingerprint density at radius 1 is 1.27 bits per heavy atom. The van der Waals surface area contributed by atoms with Crippen molar-refractivity contribution in [2.45, 2.75) is 31.3 Å². The van der Waals surface area contributed by atoms with Gasteiger partial charge in [-0.05, 0) is 0 Å². The van der Waals surface area contributed by atoms with E-state index in [-0.39, 0.29) is 12.8 Å². The van der Waals surface area contributed by atoms with Crippen LogP contribution in [0.3, 0.4) is 0 Å². The van der Waals surface area contributed by atoms with Gasteiger partial charge in [-0.1, -0.05) is 0 Å². The molecular formula is C7H10F2O2. The Morgan fingerprint density at radius 3 is 2.09 bits per heavy atom. The Kier molecular flexibility index (Phi) is 2.54. The molecule has 1 fully saturated rings. The fourth-order valence-corrected chi connectivity index (χ4v) is 1.33. The van der Waals surface area contributed by atoms with Crippen molar-refractivity contribution in [3.63, 3.8) is 0 Å². The van der Waals surface area contributed by atoms with Gasteiger partial charge < -0.3 is 9.90 Å². The molecule has 1 saturated carbocycles. The summed E-state index contributed by atoms with van der Waals surface area (Å²) in [6.07, 6.45) is -3.93. The number of hydrogen-bond acceptors (Lipinski definition) is 2. The third kappa shape index (κ3) is 1.74. The second-order valence-corrected chi connectivity index (χ2v) is 2.87. The van der Waals surface area contributed by atoms with Crippen molar-refractivity contribution in [2.24, 2.45) is 5.92 Å². The zero-order chi connectivity index (χ0) is 8.43. The van der Waals surface area contributed by atoms with Crippen LogP contribution in [0.2, 0.25) is 0 Å². The molecule has 1 N–H and O–H groups in total. The highest BCUT2D eigenvalue weighted by atomic mass is 19.1. The largest absolute Gasteiger partial charge is 0.393 e. The minimum absolute atomic E-state index is 0.121. The van der Waals surface area contributed by atoms with Gasteiger partial charge in [-0.2, -0.15) is 0 Å². The molecule has 0 amide bonds. The second-order valence-electron chi connectivity index (χ2n) is 2.87. The molecule has 0 bridgehead atoms. The van der Waals surface area contributed by atoms with E-state index in [2.05, 4.69) is 0 Å². The lowest BCUT2D eigenvalue weighted by molar-refractivity contribution is -0.118. The van der Waals surface area contributed by atoms with Crippen molar-refractivity contribution in [3.8, 4) is 0 Å². The molecule has 1 aliphatic rings. The van der Waals surface area contributed by atoms with E-state index in [4.69, 9.17) is 5.11 Å². The van der Waals surface area contributed by atoms with Gasteiger partial charge >= 0.3 is 0 Å². The molecule has 0 spiro atoms. The van der Waals surface area contributed by atoms with E-state index in [1.807, 2.05) is 0 Å². The van der Waals surface area contributed by atoms with Crippen LogP contribution >= 0.6 is 0 Å². The number of halogens is 2. The molecular weight excluding hydrogens is 154 g/mol. The van der Waals surface area contributed by atoms with Gasteiger partial charge in [-0.25, -0.2) is 8.78 Å². The monoisotopic (exact) mass is 164 g/mol. The zero-order valence-electron chi connectivity index (χ0n) is 5.91. The average molecular weight is 164 g/mol. The lowest BCUT2D eigenvalue weighted by atomic mass is 9.85. The molecule has 4 heteroatoms. The molecule has 2 unspecified atom stereocenters. The highest BCUT2D eigenvalue weighted by molar-refractivity contribution is 5.55. The summed E-state index contributed by atoms with van der Waals surface area (Å²) in [4.78, 5) is 10.1. The van der Waals surface area contributed by atoms with Crippen LogP contribution in [0, 0.1) is 5.92 Å². The van der Waals surface area contributed by atoms with Crippen LogP contribution in [0.25, 0.3) is 0 Å². The van der Waals surface area contributed by atoms with E-state index in [1.54, 1.807) is 0 Å². The lowest BCUT2D eigenvalue weighted by Gasteiger charge is -2.28. The molecule has 0 saturated heterocycles. The maximum Gasteiger partial charge on any atom is 0.128 e. The Labute approximate surface area is 63.2 Å². The predicted molar refractivity (Wildman–Crippen MR) is 34.6 cm³/mol. The highest BCUT2D eigenvalue weighted by Crippen LogP contribution is 2.28. The van der Waals surface area contributed by atoms with Gasteiger partial charge in [0.25, 0.3) is 0 Å². The molecule has 1 aliphatic carbocycles.